The number of para-hydroxylation sites is 2. The Hall–Kier alpha value is -2.16. The average Bonchev–Trinajstić information content (AvgIpc) is 3.36. The number of aromatic nitrogens is 2. The van der Waals surface area contributed by atoms with Crippen LogP contribution in [0.5, 0.6) is 0 Å². The third-order valence-corrected chi connectivity index (χ3v) is 7.54. The summed E-state index contributed by atoms with van der Waals surface area (Å²) in [7, 11) is -3.49. The lowest BCUT2D eigenvalue weighted by Crippen LogP contribution is -2.27. The van der Waals surface area contributed by atoms with Crippen molar-refractivity contribution < 1.29 is 13.2 Å². The summed E-state index contributed by atoms with van der Waals surface area (Å²) in [4.78, 5) is 18.0. The Labute approximate surface area is 168 Å². The fourth-order valence-electron chi connectivity index (χ4n) is 3.40. The van der Waals surface area contributed by atoms with Gasteiger partial charge in [-0.3, -0.25) is 9.36 Å². The molecule has 0 atom stereocenters. The molecule has 0 radical (unpaired) electrons. The van der Waals surface area contributed by atoms with Crippen molar-refractivity contribution >= 4 is 38.7 Å². The number of imidazole rings is 1. The predicted molar refractivity (Wildman–Crippen MR) is 110 cm³/mol. The van der Waals surface area contributed by atoms with Crippen LogP contribution in [-0.4, -0.2) is 47.0 Å². The summed E-state index contributed by atoms with van der Waals surface area (Å²) in [5, 5.41) is 0.641. The molecule has 1 saturated heterocycles. The summed E-state index contributed by atoms with van der Waals surface area (Å²) < 4.78 is 28.5. The van der Waals surface area contributed by atoms with Gasteiger partial charge in [0.05, 0.1) is 15.9 Å². The number of carbonyl (C=O) groups excluding carboxylic acids is 1. The molecule has 8 heteroatoms. The molecule has 3 aromatic rings. The topological polar surface area (TPSA) is 72.3 Å². The zero-order valence-electron chi connectivity index (χ0n) is 15.5. The molecule has 4 rings (SSSR count). The maximum absolute atomic E-state index is 13.2. The predicted octanol–water partition coefficient (Wildman–Crippen LogP) is 3.62. The van der Waals surface area contributed by atoms with Gasteiger partial charge in [-0.15, -0.1) is 0 Å². The fraction of sp³-hybridized carbons (Fsp3) is 0.300. The molecule has 0 N–H and O–H groups in total. The van der Waals surface area contributed by atoms with Crippen molar-refractivity contribution in [2.45, 2.75) is 29.8 Å². The van der Waals surface area contributed by atoms with Gasteiger partial charge in [0, 0.05) is 18.7 Å². The highest BCUT2D eigenvalue weighted by Crippen LogP contribution is 2.26. The van der Waals surface area contributed by atoms with Crippen LogP contribution in [0.15, 0.2) is 58.6 Å². The molecule has 0 aliphatic carbocycles. The van der Waals surface area contributed by atoms with Crippen molar-refractivity contribution in [2.24, 2.45) is 0 Å². The van der Waals surface area contributed by atoms with Gasteiger partial charge in [0.1, 0.15) is 0 Å². The van der Waals surface area contributed by atoms with Crippen LogP contribution in [0.1, 0.15) is 30.1 Å². The van der Waals surface area contributed by atoms with E-state index in [4.69, 9.17) is 0 Å². The van der Waals surface area contributed by atoms with Gasteiger partial charge >= 0.3 is 0 Å². The molecular formula is C20H21N3O3S2. The minimum absolute atomic E-state index is 0.213. The van der Waals surface area contributed by atoms with Gasteiger partial charge in [-0.1, -0.05) is 30.8 Å². The van der Waals surface area contributed by atoms with Crippen LogP contribution in [0.25, 0.3) is 11.0 Å². The minimum Gasteiger partial charge on any atom is -0.268 e. The molecule has 1 aromatic heterocycles. The summed E-state index contributed by atoms with van der Waals surface area (Å²) in [6, 6.07) is 13.7. The molecule has 0 unspecified atom stereocenters. The van der Waals surface area contributed by atoms with Crippen molar-refractivity contribution in [3.8, 4) is 0 Å². The van der Waals surface area contributed by atoms with E-state index < -0.39 is 10.0 Å². The molecule has 146 valence electrons. The lowest BCUT2D eigenvalue weighted by atomic mass is 10.2. The number of benzene rings is 2. The first-order valence-electron chi connectivity index (χ1n) is 9.27. The maximum Gasteiger partial charge on any atom is 0.264 e. The van der Waals surface area contributed by atoms with Crippen LogP contribution in [-0.2, 0) is 10.0 Å². The third-order valence-electron chi connectivity index (χ3n) is 4.81. The highest BCUT2D eigenvalue weighted by molar-refractivity contribution is 7.99. The van der Waals surface area contributed by atoms with E-state index in [0.717, 1.165) is 29.6 Å². The number of sulfonamides is 1. The standard InChI is InChI=1S/C20H21N3O3S2/c1-2-27-20-21-17-7-3-4-8-18(17)23(20)19(24)15-9-11-16(12-10-15)28(25,26)22-13-5-6-14-22/h3-4,7-12H,2,5-6,13-14H2,1H3. The Morgan fingerprint density at radius 2 is 1.75 bits per heavy atom. The van der Waals surface area contributed by atoms with Gasteiger partial charge in [0.15, 0.2) is 5.16 Å². The van der Waals surface area contributed by atoms with E-state index in [9.17, 15) is 13.2 Å². The van der Waals surface area contributed by atoms with E-state index >= 15 is 0 Å². The van der Waals surface area contributed by atoms with Crippen LogP contribution >= 0.6 is 11.8 Å². The van der Waals surface area contributed by atoms with Gasteiger partial charge in [-0.25, -0.2) is 13.4 Å². The average molecular weight is 416 g/mol. The van der Waals surface area contributed by atoms with E-state index in [1.54, 1.807) is 16.7 Å². The summed E-state index contributed by atoms with van der Waals surface area (Å²) in [5.41, 5.74) is 1.94. The zero-order valence-corrected chi connectivity index (χ0v) is 17.2. The van der Waals surface area contributed by atoms with E-state index in [1.807, 2.05) is 31.2 Å². The molecule has 1 aliphatic heterocycles. The molecule has 0 spiro atoms. The van der Waals surface area contributed by atoms with Crippen molar-refractivity contribution in [3.05, 3.63) is 54.1 Å². The number of carbonyl (C=O) groups is 1. The summed E-state index contributed by atoms with van der Waals surface area (Å²) >= 11 is 1.50. The van der Waals surface area contributed by atoms with E-state index in [2.05, 4.69) is 4.98 Å². The molecule has 28 heavy (non-hydrogen) atoms. The molecule has 0 bridgehead atoms. The number of hydrogen-bond acceptors (Lipinski definition) is 5. The molecule has 2 aromatic carbocycles. The molecule has 2 heterocycles. The second-order valence-electron chi connectivity index (χ2n) is 6.59. The summed E-state index contributed by atoms with van der Waals surface area (Å²) in [5.74, 6) is 0.582. The van der Waals surface area contributed by atoms with E-state index in [1.165, 1.54) is 28.2 Å². The van der Waals surface area contributed by atoms with Crippen LogP contribution in [0.2, 0.25) is 0 Å². The highest BCUT2D eigenvalue weighted by atomic mass is 32.2. The van der Waals surface area contributed by atoms with Gasteiger partial charge in [0.2, 0.25) is 10.0 Å². The minimum atomic E-state index is -3.49. The Balaban J connectivity index is 1.70. The number of nitrogens with zero attached hydrogens (tertiary/aromatic N) is 3. The number of thioether (sulfide) groups is 1. The van der Waals surface area contributed by atoms with Crippen molar-refractivity contribution in [1.29, 1.82) is 0 Å². The van der Waals surface area contributed by atoms with Gasteiger partial charge in [0.25, 0.3) is 5.91 Å². The Morgan fingerprint density at radius 3 is 2.43 bits per heavy atom. The van der Waals surface area contributed by atoms with Gasteiger partial charge in [-0.05, 0) is 55.0 Å². The number of hydrogen-bond donors (Lipinski definition) is 0. The largest absolute Gasteiger partial charge is 0.268 e. The first kappa shape index (κ1) is 19.2. The summed E-state index contributed by atoms with van der Waals surface area (Å²) in [6.45, 7) is 3.13. The Bertz CT molecular complexity index is 1120. The first-order chi connectivity index (χ1) is 13.5. The SMILES string of the molecule is CCSc1nc2ccccc2n1C(=O)c1ccc(S(=O)(=O)N2CCCC2)cc1. The first-order valence-corrected chi connectivity index (χ1v) is 11.7. The van der Waals surface area contributed by atoms with E-state index in [-0.39, 0.29) is 10.8 Å². The molecule has 0 saturated carbocycles. The Morgan fingerprint density at radius 1 is 1.07 bits per heavy atom. The van der Waals surface area contributed by atoms with Gasteiger partial charge < -0.3 is 0 Å². The zero-order chi connectivity index (χ0) is 19.7. The van der Waals surface area contributed by atoms with Crippen LogP contribution in [0.3, 0.4) is 0 Å². The quantitative estimate of drug-likeness (QED) is 0.595. The summed E-state index contributed by atoms with van der Waals surface area (Å²) in [6.07, 6.45) is 1.78. The third kappa shape index (κ3) is 3.36. The van der Waals surface area contributed by atoms with Crippen LogP contribution in [0.4, 0.5) is 0 Å². The fourth-order valence-corrected chi connectivity index (χ4v) is 5.65. The van der Waals surface area contributed by atoms with Crippen molar-refractivity contribution in [2.75, 3.05) is 18.8 Å². The highest BCUT2D eigenvalue weighted by Gasteiger charge is 2.27. The van der Waals surface area contributed by atoms with Crippen molar-refractivity contribution in [3.63, 3.8) is 0 Å². The molecule has 0 amide bonds. The van der Waals surface area contributed by atoms with Crippen molar-refractivity contribution in [1.82, 2.24) is 13.9 Å². The second-order valence-corrected chi connectivity index (χ2v) is 9.76. The lowest BCUT2D eigenvalue weighted by molar-refractivity contribution is 0.0955. The monoisotopic (exact) mass is 415 g/mol. The normalized spacial score (nSPS) is 15.3. The lowest BCUT2D eigenvalue weighted by Gasteiger charge is -2.15. The second kappa shape index (κ2) is 7.69. The van der Waals surface area contributed by atoms with Crippen LogP contribution < -0.4 is 0 Å². The van der Waals surface area contributed by atoms with Gasteiger partial charge in [-0.2, -0.15) is 4.31 Å². The smallest absolute Gasteiger partial charge is 0.264 e. The number of fused-ring (bicyclic) bond motifs is 1. The molecule has 1 aliphatic rings. The number of rotatable bonds is 5. The van der Waals surface area contributed by atoms with E-state index in [0.29, 0.717) is 23.8 Å². The molecule has 6 nitrogen and oxygen atoms in total. The van der Waals surface area contributed by atoms with Crippen LogP contribution in [0, 0.1) is 0 Å². The Kier molecular flexibility index (Phi) is 5.27. The maximum atomic E-state index is 13.2. The molecule has 1 fully saturated rings. The molecular weight excluding hydrogens is 394 g/mol.